The van der Waals surface area contributed by atoms with Crippen molar-refractivity contribution in [3.8, 4) is 5.75 Å². The molecule has 1 heterocycles. The van der Waals surface area contributed by atoms with Crippen LogP contribution in [0.25, 0.3) is 0 Å². The third-order valence-corrected chi connectivity index (χ3v) is 4.73. The number of halogens is 3. The van der Waals surface area contributed by atoms with E-state index in [0.717, 1.165) is 17.3 Å². The summed E-state index contributed by atoms with van der Waals surface area (Å²) in [5.41, 5.74) is 0. The summed E-state index contributed by atoms with van der Waals surface area (Å²) >= 11 is 19.3. The first-order valence-electron chi connectivity index (χ1n) is 6.70. The van der Waals surface area contributed by atoms with Crippen LogP contribution < -0.4 is 10.1 Å². The molecule has 0 aliphatic rings. The molecule has 0 saturated carbocycles. The number of furan rings is 1. The number of benzene rings is 1. The number of nitrogens with one attached hydrogen (secondary N) is 1. The highest BCUT2D eigenvalue weighted by atomic mass is 35.5. The molecule has 0 bridgehead atoms. The highest BCUT2D eigenvalue weighted by Crippen LogP contribution is 2.33. The summed E-state index contributed by atoms with van der Waals surface area (Å²) in [6, 6.07) is 6.73. The lowest BCUT2D eigenvalue weighted by Gasteiger charge is -2.09. The van der Waals surface area contributed by atoms with Gasteiger partial charge in [0.2, 0.25) is 0 Å². The van der Waals surface area contributed by atoms with Gasteiger partial charge < -0.3 is 14.5 Å². The maximum Gasteiger partial charge on any atom is 0.257 e. The maximum absolute atomic E-state index is 11.7. The zero-order valence-electron chi connectivity index (χ0n) is 12.0. The minimum atomic E-state index is -0.231. The van der Waals surface area contributed by atoms with Crippen molar-refractivity contribution in [3.05, 3.63) is 51.4 Å². The average Bonchev–Trinajstić information content (AvgIpc) is 3.02. The van der Waals surface area contributed by atoms with Crippen LogP contribution >= 0.6 is 46.6 Å². The number of ether oxygens (including phenoxy) is 1. The summed E-state index contributed by atoms with van der Waals surface area (Å²) in [6.07, 6.45) is 1.64. The summed E-state index contributed by atoms with van der Waals surface area (Å²) in [4.78, 5) is 11.7. The van der Waals surface area contributed by atoms with Crippen LogP contribution in [0.4, 0.5) is 0 Å². The largest absolute Gasteiger partial charge is 0.482 e. The van der Waals surface area contributed by atoms with Crippen LogP contribution in [0.15, 0.2) is 34.9 Å². The van der Waals surface area contributed by atoms with Gasteiger partial charge in [0.25, 0.3) is 5.91 Å². The highest BCUT2D eigenvalue weighted by molar-refractivity contribution is 7.98. The Morgan fingerprint density at radius 1 is 1.22 bits per heavy atom. The quantitative estimate of drug-likeness (QED) is 0.522. The minimum Gasteiger partial charge on any atom is -0.482 e. The molecule has 2 rings (SSSR count). The van der Waals surface area contributed by atoms with E-state index in [1.807, 2.05) is 12.1 Å². The van der Waals surface area contributed by atoms with Gasteiger partial charge in [0.05, 0.1) is 27.1 Å². The number of amides is 1. The smallest absolute Gasteiger partial charge is 0.257 e. The van der Waals surface area contributed by atoms with Gasteiger partial charge in [-0.25, -0.2) is 0 Å². The second-order valence-corrected chi connectivity index (χ2v) is 6.79. The molecule has 8 heteroatoms. The van der Waals surface area contributed by atoms with Crippen molar-refractivity contribution in [2.75, 3.05) is 18.9 Å². The number of carbonyl (C=O) groups is 1. The van der Waals surface area contributed by atoms with Gasteiger partial charge in [0.1, 0.15) is 11.5 Å². The third-order valence-electron chi connectivity index (χ3n) is 2.73. The predicted molar refractivity (Wildman–Crippen MR) is 94.8 cm³/mol. The van der Waals surface area contributed by atoms with Crippen LogP contribution in [-0.2, 0) is 10.5 Å². The Labute approximate surface area is 153 Å². The molecule has 0 saturated heterocycles. The third kappa shape index (κ3) is 6.18. The molecule has 0 spiro atoms. The molecule has 2 aromatic rings. The van der Waals surface area contributed by atoms with Crippen molar-refractivity contribution in [2.45, 2.75) is 5.75 Å². The molecule has 0 unspecified atom stereocenters. The number of rotatable bonds is 8. The maximum atomic E-state index is 11.7. The van der Waals surface area contributed by atoms with E-state index >= 15 is 0 Å². The Morgan fingerprint density at radius 3 is 2.74 bits per heavy atom. The van der Waals surface area contributed by atoms with E-state index in [4.69, 9.17) is 44.0 Å². The topological polar surface area (TPSA) is 51.5 Å². The van der Waals surface area contributed by atoms with Crippen molar-refractivity contribution in [1.29, 1.82) is 0 Å². The Hall–Kier alpha value is -1.01. The lowest BCUT2D eigenvalue weighted by Crippen LogP contribution is -2.30. The van der Waals surface area contributed by atoms with Crippen molar-refractivity contribution >= 4 is 52.5 Å². The molecular weight excluding hydrogens is 381 g/mol. The van der Waals surface area contributed by atoms with E-state index in [2.05, 4.69) is 5.32 Å². The second kappa shape index (κ2) is 9.33. The Kier molecular flexibility index (Phi) is 7.43. The lowest BCUT2D eigenvalue weighted by molar-refractivity contribution is -0.122. The van der Waals surface area contributed by atoms with E-state index in [1.165, 1.54) is 12.1 Å². The zero-order valence-corrected chi connectivity index (χ0v) is 15.1. The van der Waals surface area contributed by atoms with Gasteiger partial charge in [-0.15, -0.1) is 0 Å². The molecule has 124 valence electrons. The summed E-state index contributed by atoms with van der Waals surface area (Å²) in [5.74, 6) is 2.56. The molecule has 23 heavy (non-hydrogen) atoms. The number of carbonyl (C=O) groups excluding carboxylic acids is 1. The van der Waals surface area contributed by atoms with E-state index in [1.54, 1.807) is 18.0 Å². The predicted octanol–water partition coefficient (Wildman–Crippen LogP) is 4.67. The minimum absolute atomic E-state index is 0.138. The summed E-state index contributed by atoms with van der Waals surface area (Å²) in [6.45, 7) is 0.406. The van der Waals surface area contributed by atoms with Crippen LogP contribution in [0.3, 0.4) is 0 Å². The molecule has 4 nitrogen and oxygen atoms in total. The number of hydrogen-bond acceptors (Lipinski definition) is 4. The molecule has 0 aliphatic heterocycles. The SMILES string of the molecule is O=C(COc1cc(Cl)c(Cl)cc1Cl)NCCSCc1ccco1. The Morgan fingerprint density at radius 2 is 2.00 bits per heavy atom. The number of hydrogen-bond donors (Lipinski definition) is 1. The van der Waals surface area contributed by atoms with Gasteiger partial charge in [-0.1, -0.05) is 34.8 Å². The molecule has 1 aromatic heterocycles. The molecule has 1 aromatic carbocycles. The van der Waals surface area contributed by atoms with Crippen LogP contribution in [0.2, 0.25) is 15.1 Å². The zero-order chi connectivity index (χ0) is 16.7. The summed E-state index contributed by atoms with van der Waals surface area (Å²) in [7, 11) is 0. The summed E-state index contributed by atoms with van der Waals surface area (Å²) < 4.78 is 10.6. The molecular formula is C15H14Cl3NO3S. The fourth-order valence-electron chi connectivity index (χ4n) is 1.64. The van der Waals surface area contributed by atoms with Gasteiger partial charge in [0.15, 0.2) is 6.61 Å². The van der Waals surface area contributed by atoms with E-state index in [9.17, 15) is 4.79 Å². The first kappa shape index (κ1) is 18.3. The van der Waals surface area contributed by atoms with Gasteiger partial charge in [0, 0.05) is 18.4 Å². The van der Waals surface area contributed by atoms with Crippen molar-refractivity contribution in [1.82, 2.24) is 5.32 Å². The summed E-state index contributed by atoms with van der Waals surface area (Å²) in [5, 5.41) is 3.72. The molecule has 0 atom stereocenters. The first-order valence-corrected chi connectivity index (χ1v) is 8.99. The Bertz CT molecular complexity index is 650. The van der Waals surface area contributed by atoms with Crippen LogP contribution in [0.5, 0.6) is 5.75 Å². The lowest BCUT2D eigenvalue weighted by atomic mass is 10.3. The van der Waals surface area contributed by atoms with Gasteiger partial charge in [-0.2, -0.15) is 11.8 Å². The average molecular weight is 395 g/mol. The normalized spacial score (nSPS) is 10.6. The molecule has 1 amide bonds. The monoisotopic (exact) mass is 393 g/mol. The van der Waals surface area contributed by atoms with Crippen molar-refractivity contribution < 1.29 is 13.9 Å². The van der Waals surface area contributed by atoms with Crippen molar-refractivity contribution in [3.63, 3.8) is 0 Å². The molecule has 1 N–H and O–H groups in total. The standard InChI is InChI=1S/C15H14Cl3NO3S/c16-11-6-13(18)14(7-12(11)17)22-8-15(20)19-3-5-23-9-10-2-1-4-21-10/h1-2,4,6-7H,3,5,8-9H2,(H,19,20). The Balaban J connectivity index is 1.64. The number of thioether (sulfide) groups is 1. The second-order valence-electron chi connectivity index (χ2n) is 4.47. The molecule has 0 radical (unpaired) electrons. The van der Waals surface area contributed by atoms with Crippen LogP contribution in [0.1, 0.15) is 5.76 Å². The van der Waals surface area contributed by atoms with Crippen molar-refractivity contribution in [2.24, 2.45) is 0 Å². The molecule has 0 aliphatic carbocycles. The van der Waals surface area contributed by atoms with Gasteiger partial charge >= 0.3 is 0 Å². The molecule has 0 fully saturated rings. The van der Waals surface area contributed by atoms with Gasteiger partial charge in [-0.3, -0.25) is 4.79 Å². The van der Waals surface area contributed by atoms with E-state index in [0.29, 0.717) is 27.4 Å². The van der Waals surface area contributed by atoms with Gasteiger partial charge in [-0.05, 0) is 18.2 Å². The van der Waals surface area contributed by atoms with Crippen LogP contribution in [-0.4, -0.2) is 24.8 Å². The fourth-order valence-corrected chi connectivity index (χ4v) is 2.99. The first-order chi connectivity index (χ1) is 11.1. The van der Waals surface area contributed by atoms with E-state index < -0.39 is 0 Å². The fraction of sp³-hybridized carbons (Fsp3) is 0.267. The van der Waals surface area contributed by atoms with Crippen LogP contribution in [0, 0.1) is 0 Å². The van der Waals surface area contributed by atoms with E-state index in [-0.39, 0.29) is 12.5 Å². The highest BCUT2D eigenvalue weighted by Gasteiger charge is 2.09.